The number of aromatic nitrogens is 3. The summed E-state index contributed by atoms with van der Waals surface area (Å²) in [6.07, 6.45) is 1.65. The molecule has 1 aromatic carbocycles. The van der Waals surface area contributed by atoms with Crippen molar-refractivity contribution in [1.29, 1.82) is 0 Å². The van der Waals surface area contributed by atoms with Crippen molar-refractivity contribution in [3.63, 3.8) is 0 Å². The highest BCUT2D eigenvalue weighted by Crippen LogP contribution is 2.30. The van der Waals surface area contributed by atoms with Crippen molar-refractivity contribution in [2.45, 2.75) is 0 Å². The number of rotatable bonds is 0. The van der Waals surface area contributed by atoms with Gasteiger partial charge in [-0.25, -0.2) is 0 Å². The molecule has 5 nitrogen and oxygen atoms in total. The smallest absolute Gasteiger partial charge is 0.292 e. The van der Waals surface area contributed by atoms with Crippen LogP contribution in [0.4, 0.5) is 0 Å². The van der Waals surface area contributed by atoms with Crippen LogP contribution in [-0.4, -0.2) is 25.2 Å². The molecule has 74 valence electrons. The van der Waals surface area contributed by atoms with Gasteiger partial charge in [0.1, 0.15) is 11.3 Å². The predicted molar refractivity (Wildman–Crippen MR) is 54.7 cm³/mol. The van der Waals surface area contributed by atoms with Crippen LogP contribution < -0.4 is 0 Å². The number of benzene rings is 1. The number of phenolic OH excluding ortho intramolecular Hbond substituents is 1. The maximum absolute atomic E-state index is 9.66. The van der Waals surface area contributed by atoms with E-state index in [1.165, 1.54) is 0 Å². The molecule has 0 amide bonds. The third kappa shape index (κ3) is 1.03. The van der Waals surface area contributed by atoms with Gasteiger partial charge in [0, 0.05) is 11.6 Å². The predicted octanol–water partition coefficient (Wildman–Crippen LogP) is 1.52. The van der Waals surface area contributed by atoms with Crippen molar-refractivity contribution in [3.8, 4) is 11.8 Å². The summed E-state index contributed by atoms with van der Waals surface area (Å²) in [7, 11) is 0. The molecule has 0 radical (unpaired) electrons. The molecular formula is C10H7N3O2. The van der Waals surface area contributed by atoms with E-state index in [1.54, 1.807) is 18.3 Å². The Labute approximate surface area is 84.0 Å². The van der Waals surface area contributed by atoms with Gasteiger partial charge in [-0.05, 0) is 12.1 Å². The van der Waals surface area contributed by atoms with Crippen LogP contribution in [0.5, 0.6) is 11.8 Å². The lowest BCUT2D eigenvalue weighted by molar-refractivity contribution is 0.437. The number of fused-ring (bicyclic) bond motifs is 3. The van der Waals surface area contributed by atoms with Gasteiger partial charge in [0.25, 0.3) is 6.01 Å². The fourth-order valence-corrected chi connectivity index (χ4v) is 1.68. The Hall–Kier alpha value is -2.30. The average molecular weight is 201 g/mol. The minimum absolute atomic E-state index is 0.0297. The Morgan fingerprint density at radius 3 is 2.93 bits per heavy atom. The molecule has 0 atom stereocenters. The van der Waals surface area contributed by atoms with Gasteiger partial charge < -0.3 is 15.2 Å². The van der Waals surface area contributed by atoms with E-state index >= 15 is 0 Å². The van der Waals surface area contributed by atoms with Crippen molar-refractivity contribution in [2.75, 3.05) is 0 Å². The molecule has 0 aliphatic rings. The third-order valence-electron chi connectivity index (χ3n) is 2.30. The molecule has 0 fully saturated rings. The summed E-state index contributed by atoms with van der Waals surface area (Å²) in [5, 5.41) is 19.7. The Kier molecular flexibility index (Phi) is 1.39. The molecule has 15 heavy (non-hydrogen) atoms. The number of hydrogen-bond donors (Lipinski definition) is 3. The number of phenols is 1. The summed E-state index contributed by atoms with van der Waals surface area (Å²) < 4.78 is 0. The van der Waals surface area contributed by atoms with Crippen molar-refractivity contribution in [2.24, 2.45) is 0 Å². The maximum Gasteiger partial charge on any atom is 0.292 e. The van der Waals surface area contributed by atoms with E-state index in [2.05, 4.69) is 15.0 Å². The van der Waals surface area contributed by atoms with Crippen LogP contribution in [-0.2, 0) is 0 Å². The monoisotopic (exact) mass is 201 g/mol. The van der Waals surface area contributed by atoms with E-state index in [1.807, 2.05) is 6.07 Å². The summed E-state index contributed by atoms with van der Waals surface area (Å²) in [5.41, 5.74) is 1.56. The Balaban J connectivity index is 2.63. The van der Waals surface area contributed by atoms with Gasteiger partial charge in [0.05, 0.1) is 11.0 Å². The summed E-state index contributed by atoms with van der Waals surface area (Å²) >= 11 is 0. The quantitative estimate of drug-likeness (QED) is 0.515. The number of nitrogens with one attached hydrogen (secondary N) is 1. The van der Waals surface area contributed by atoms with Crippen LogP contribution in [0.25, 0.3) is 21.9 Å². The lowest BCUT2D eigenvalue weighted by Crippen LogP contribution is -1.80. The molecule has 0 unspecified atom stereocenters. The highest BCUT2D eigenvalue weighted by atomic mass is 16.3. The molecule has 0 aliphatic carbocycles. The van der Waals surface area contributed by atoms with Gasteiger partial charge >= 0.3 is 0 Å². The first-order chi connectivity index (χ1) is 7.25. The van der Waals surface area contributed by atoms with Gasteiger partial charge in [-0.15, -0.1) is 0 Å². The molecule has 0 saturated heterocycles. The molecule has 5 heteroatoms. The number of pyridine rings is 1. The van der Waals surface area contributed by atoms with E-state index < -0.39 is 0 Å². The van der Waals surface area contributed by atoms with Crippen LogP contribution in [0, 0.1) is 0 Å². The fraction of sp³-hybridized carbons (Fsp3) is 0. The number of nitrogens with zero attached hydrogens (tertiary/aromatic N) is 2. The van der Waals surface area contributed by atoms with Gasteiger partial charge in [-0.1, -0.05) is 6.07 Å². The summed E-state index contributed by atoms with van der Waals surface area (Å²) in [6.45, 7) is 0. The Morgan fingerprint density at radius 2 is 2.07 bits per heavy atom. The first-order valence-electron chi connectivity index (χ1n) is 4.41. The zero-order chi connectivity index (χ0) is 10.4. The molecule has 0 spiro atoms. The number of H-pyrrole nitrogens is 1. The van der Waals surface area contributed by atoms with Crippen LogP contribution in [0.3, 0.4) is 0 Å². The molecule has 0 aliphatic heterocycles. The van der Waals surface area contributed by atoms with Crippen LogP contribution >= 0.6 is 0 Å². The minimum atomic E-state index is -0.224. The fourth-order valence-electron chi connectivity index (χ4n) is 1.68. The number of hydrogen-bond acceptors (Lipinski definition) is 4. The molecule has 3 rings (SSSR count). The van der Waals surface area contributed by atoms with E-state index in [0.29, 0.717) is 16.6 Å². The standard InChI is InChI=1S/C10H7N3O2/c14-6-4-5-2-1-3-11-7(5)9-8(6)12-10(15)13-9/h1-4,14H,(H2,12,13,15). The van der Waals surface area contributed by atoms with Gasteiger partial charge in [-0.2, -0.15) is 4.98 Å². The molecule has 2 heterocycles. The largest absolute Gasteiger partial charge is 0.506 e. The normalized spacial score (nSPS) is 11.2. The van der Waals surface area contributed by atoms with Crippen LogP contribution in [0.1, 0.15) is 0 Å². The molecule has 0 bridgehead atoms. The molecule has 2 aromatic heterocycles. The first kappa shape index (κ1) is 8.05. The maximum atomic E-state index is 9.66. The zero-order valence-corrected chi connectivity index (χ0v) is 7.60. The van der Waals surface area contributed by atoms with Crippen molar-refractivity contribution in [1.82, 2.24) is 15.0 Å². The second-order valence-corrected chi connectivity index (χ2v) is 3.25. The van der Waals surface area contributed by atoms with Gasteiger partial charge in [0.15, 0.2) is 0 Å². The molecular weight excluding hydrogens is 194 g/mol. The number of imidazole rings is 1. The van der Waals surface area contributed by atoms with E-state index in [4.69, 9.17) is 0 Å². The summed E-state index contributed by atoms with van der Waals surface area (Å²) in [6, 6.07) is 4.96. The second kappa shape index (κ2) is 2.60. The third-order valence-corrected chi connectivity index (χ3v) is 2.30. The topological polar surface area (TPSA) is 82.0 Å². The van der Waals surface area contributed by atoms with Crippen molar-refractivity contribution < 1.29 is 10.2 Å². The van der Waals surface area contributed by atoms with Gasteiger partial charge in [-0.3, -0.25) is 4.98 Å². The lowest BCUT2D eigenvalue weighted by Gasteiger charge is -1.98. The zero-order valence-electron chi connectivity index (χ0n) is 7.60. The van der Waals surface area contributed by atoms with Crippen molar-refractivity contribution in [3.05, 3.63) is 24.4 Å². The van der Waals surface area contributed by atoms with Crippen LogP contribution in [0.2, 0.25) is 0 Å². The molecule has 0 saturated carbocycles. The highest BCUT2D eigenvalue weighted by molar-refractivity contribution is 6.04. The SMILES string of the molecule is Oc1nc2c(O)cc3cccnc3c2[nH]1. The molecule has 3 N–H and O–H groups in total. The van der Waals surface area contributed by atoms with Gasteiger partial charge in [0.2, 0.25) is 0 Å². The first-order valence-corrected chi connectivity index (χ1v) is 4.41. The summed E-state index contributed by atoms with van der Waals surface area (Å²) in [5.74, 6) is 0.0297. The Morgan fingerprint density at radius 1 is 1.20 bits per heavy atom. The summed E-state index contributed by atoms with van der Waals surface area (Å²) in [4.78, 5) is 10.6. The van der Waals surface area contributed by atoms with E-state index in [0.717, 1.165) is 5.39 Å². The molecule has 3 aromatic rings. The average Bonchev–Trinajstić information content (AvgIpc) is 2.61. The van der Waals surface area contributed by atoms with Crippen molar-refractivity contribution >= 4 is 21.9 Å². The van der Waals surface area contributed by atoms with Crippen LogP contribution in [0.15, 0.2) is 24.4 Å². The minimum Gasteiger partial charge on any atom is -0.506 e. The highest BCUT2D eigenvalue weighted by Gasteiger charge is 2.10. The lowest BCUT2D eigenvalue weighted by atomic mass is 10.2. The Bertz CT molecular complexity index is 660. The van der Waals surface area contributed by atoms with E-state index in [-0.39, 0.29) is 11.8 Å². The number of aromatic hydroxyl groups is 2. The second-order valence-electron chi connectivity index (χ2n) is 3.25. The number of aromatic amines is 1. The van der Waals surface area contributed by atoms with E-state index in [9.17, 15) is 10.2 Å².